The molecule has 2 aromatic rings. The van der Waals surface area contributed by atoms with Gasteiger partial charge < -0.3 is 20.1 Å². The van der Waals surface area contributed by atoms with E-state index in [1.165, 1.54) is 0 Å². The Morgan fingerprint density at radius 2 is 1.81 bits per heavy atom. The highest BCUT2D eigenvalue weighted by Gasteiger charge is 2.13. The molecule has 1 aliphatic rings. The molecule has 0 fully saturated rings. The fourth-order valence-corrected chi connectivity index (χ4v) is 2.17. The summed E-state index contributed by atoms with van der Waals surface area (Å²) in [5.74, 6) is 1.41. The van der Waals surface area contributed by atoms with Crippen molar-refractivity contribution in [3.05, 3.63) is 48.0 Å². The number of hydrogen-bond donors (Lipinski definition) is 2. The van der Waals surface area contributed by atoms with Crippen molar-refractivity contribution >= 4 is 28.7 Å². The molecule has 0 unspecified atom stereocenters. The highest BCUT2D eigenvalue weighted by atomic mass is 32.1. The summed E-state index contributed by atoms with van der Waals surface area (Å²) in [7, 11) is 0. The van der Waals surface area contributed by atoms with E-state index in [1.807, 2.05) is 24.3 Å². The summed E-state index contributed by atoms with van der Waals surface area (Å²) >= 11 is 5.25. The molecule has 2 aromatic carbocycles. The third-order valence-electron chi connectivity index (χ3n) is 2.88. The van der Waals surface area contributed by atoms with E-state index in [-0.39, 0.29) is 6.79 Å². The summed E-state index contributed by atoms with van der Waals surface area (Å²) in [6, 6.07) is 14.7. The average molecular weight is 297 g/mol. The van der Waals surface area contributed by atoms with E-state index in [0.717, 1.165) is 17.1 Å². The topological polar surface area (TPSA) is 66.3 Å². The van der Waals surface area contributed by atoms with Crippen LogP contribution in [0.5, 0.6) is 11.5 Å². The van der Waals surface area contributed by atoms with Crippen molar-refractivity contribution in [1.29, 1.82) is 5.26 Å². The standard InChI is InChI=1S/C15H11N3O2S/c16-8-10-2-1-3-11(6-10)17-15(21)18-12-4-5-13-14(7-12)20-9-19-13/h1-7H,9H2,(H2,17,18,21). The molecule has 21 heavy (non-hydrogen) atoms. The summed E-state index contributed by atoms with van der Waals surface area (Å²) in [5, 5.41) is 15.4. The minimum atomic E-state index is 0.239. The minimum absolute atomic E-state index is 0.239. The van der Waals surface area contributed by atoms with Gasteiger partial charge in [-0.2, -0.15) is 5.26 Å². The molecule has 5 nitrogen and oxygen atoms in total. The molecule has 0 aliphatic carbocycles. The van der Waals surface area contributed by atoms with Gasteiger partial charge in [0.1, 0.15) is 0 Å². The Morgan fingerprint density at radius 1 is 1.05 bits per heavy atom. The van der Waals surface area contributed by atoms with E-state index in [2.05, 4.69) is 16.7 Å². The second kappa shape index (κ2) is 5.69. The smallest absolute Gasteiger partial charge is 0.231 e. The zero-order valence-corrected chi connectivity index (χ0v) is 11.7. The Balaban J connectivity index is 1.67. The number of hydrogen-bond acceptors (Lipinski definition) is 4. The number of nitrogens with one attached hydrogen (secondary N) is 2. The summed E-state index contributed by atoms with van der Waals surface area (Å²) in [4.78, 5) is 0. The van der Waals surface area contributed by atoms with Gasteiger partial charge in [-0.15, -0.1) is 0 Å². The Hall–Kier alpha value is -2.78. The highest BCUT2D eigenvalue weighted by Crippen LogP contribution is 2.34. The molecule has 0 spiro atoms. The molecular formula is C15H11N3O2S. The summed E-state index contributed by atoms with van der Waals surface area (Å²) in [6.45, 7) is 0.239. The van der Waals surface area contributed by atoms with Crippen molar-refractivity contribution in [2.75, 3.05) is 17.4 Å². The lowest BCUT2D eigenvalue weighted by Gasteiger charge is -2.11. The third-order valence-corrected chi connectivity index (χ3v) is 3.08. The van der Waals surface area contributed by atoms with Crippen LogP contribution in [0.4, 0.5) is 11.4 Å². The molecule has 1 heterocycles. The van der Waals surface area contributed by atoms with E-state index >= 15 is 0 Å². The molecule has 104 valence electrons. The average Bonchev–Trinajstić information content (AvgIpc) is 2.95. The first kappa shape index (κ1) is 13.2. The van der Waals surface area contributed by atoms with Crippen molar-refractivity contribution in [1.82, 2.24) is 0 Å². The van der Waals surface area contributed by atoms with E-state index in [4.69, 9.17) is 27.0 Å². The first-order valence-electron chi connectivity index (χ1n) is 6.22. The number of fused-ring (bicyclic) bond motifs is 1. The highest BCUT2D eigenvalue weighted by molar-refractivity contribution is 7.80. The number of thiocarbonyl (C=S) groups is 1. The van der Waals surface area contributed by atoms with Gasteiger partial charge in [0.05, 0.1) is 11.6 Å². The number of benzene rings is 2. The van der Waals surface area contributed by atoms with Crippen LogP contribution in [0.3, 0.4) is 0 Å². The molecule has 0 bridgehead atoms. The molecular weight excluding hydrogens is 286 g/mol. The molecule has 0 radical (unpaired) electrons. The Labute approximate surface area is 127 Å². The van der Waals surface area contributed by atoms with Crippen molar-refractivity contribution < 1.29 is 9.47 Å². The van der Waals surface area contributed by atoms with Crippen LogP contribution in [0, 0.1) is 11.3 Å². The van der Waals surface area contributed by atoms with Gasteiger partial charge >= 0.3 is 0 Å². The van der Waals surface area contributed by atoms with Crippen LogP contribution in [0.1, 0.15) is 5.56 Å². The monoisotopic (exact) mass is 297 g/mol. The lowest BCUT2D eigenvalue weighted by Crippen LogP contribution is -2.19. The molecule has 3 rings (SSSR count). The number of ether oxygens (including phenoxy) is 2. The zero-order chi connectivity index (χ0) is 14.7. The molecule has 2 N–H and O–H groups in total. The van der Waals surface area contributed by atoms with Crippen LogP contribution in [0.15, 0.2) is 42.5 Å². The summed E-state index contributed by atoms with van der Waals surface area (Å²) in [6.07, 6.45) is 0. The van der Waals surface area contributed by atoms with Crippen LogP contribution in [0.2, 0.25) is 0 Å². The first-order valence-corrected chi connectivity index (χ1v) is 6.63. The van der Waals surface area contributed by atoms with Crippen molar-refractivity contribution in [3.63, 3.8) is 0 Å². The summed E-state index contributed by atoms with van der Waals surface area (Å²) in [5.41, 5.74) is 2.13. The second-order valence-electron chi connectivity index (χ2n) is 4.34. The van der Waals surface area contributed by atoms with Gasteiger partial charge in [-0.05, 0) is 42.5 Å². The van der Waals surface area contributed by atoms with Crippen LogP contribution < -0.4 is 20.1 Å². The van der Waals surface area contributed by atoms with Crippen LogP contribution >= 0.6 is 12.2 Å². The van der Waals surface area contributed by atoms with Gasteiger partial charge in [0.25, 0.3) is 0 Å². The van der Waals surface area contributed by atoms with E-state index < -0.39 is 0 Å². The van der Waals surface area contributed by atoms with Crippen molar-refractivity contribution in [2.24, 2.45) is 0 Å². The largest absolute Gasteiger partial charge is 0.454 e. The van der Waals surface area contributed by atoms with Gasteiger partial charge in [-0.25, -0.2) is 0 Å². The minimum Gasteiger partial charge on any atom is -0.454 e. The first-order chi connectivity index (χ1) is 10.2. The molecule has 0 atom stereocenters. The lowest BCUT2D eigenvalue weighted by atomic mass is 10.2. The molecule has 0 amide bonds. The maximum absolute atomic E-state index is 8.87. The second-order valence-corrected chi connectivity index (χ2v) is 4.75. The third kappa shape index (κ3) is 3.04. The number of anilines is 2. The van der Waals surface area contributed by atoms with Gasteiger partial charge in [-0.1, -0.05) is 6.07 Å². The van der Waals surface area contributed by atoms with Crippen molar-refractivity contribution in [3.8, 4) is 17.6 Å². The van der Waals surface area contributed by atoms with Crippen molar-refractivity contribution in [2.45, 2.75) is 0 Å². The van der Waals surface area contributed by atoms with Crippen LogP contribution in [-0.4, -0.2) is 11.9 Å². The normalized spacial score (nSPS) is 11.6. The number of rotatable bonds is 2. The molecule has 0 saturated carbocycles. The lowest BCUT2D eigenvalue weighted by molar-refractivity contribution is 0.174. The molecule has 0 aromatic heterocycles. The maximum Gasteiger partial charge on any atom is 0.231 e. The van der Waals surface area contributed by atoms with Crippen LogP contribution in [0.25, 0.3) is 0 Å². The van der Waals surface area contributed by atoms with E-state index in [1.54, 1.807) is 18.2 Å². The quantitative estimate of drug-likeness (QED) is 0.830. The Kier molecular flexibility index (Phi) is 3.58. The SMILES string of the molecule is N#Cc1cccc(NC(=S)Nc2ccc3c(c2)OCO3)c1. The van der Waals surface area contributed by atoms with Gasteiger partial charge in [0.15, 0.2) is 16.6 Å². The Morgan fingerprint density at radius 3 is 2.62 bits per heavy atom. The number of nitriles is 1. The molecule has 1 aliphatic heterocycles. The van der Waals surface area contributed by atoms with Crippen LogP contribution in [-0.2, 0) is 0 Å². The van der Waals surface area contributed by atoms with Gasteiger partial charge in [0.2, 0.25) is 6.79 Å². The Bertz CT molecular complexity index is 740. The summed E-state index contributed by atoms with van der Waals surface area (Å²) < 4.78 is 10.6. The molecule has 6 heteroatoms. The maximum atomic E-state index is 8.87. The molecule has 0 saturated heterocycles. The van der Waals surface area contributed by atoms with E-state index in [0.29, 0.717) is 16.4 Å². The van der Waals surface area contributed by atoms with Gasteiger partial charge in [0, 0.05) is 17.4 Å². The predicted octanol–water partition coefficient (Wildman–Crippen LogP) is 3.10. The fourth-order valence-electron chi connectivity index (χ4n) is 1.93. The zero-order valence-electron chi connectivity index (χ0n) is 10.9. The predicted molar refractivity (Wildman–Crippen MR) is 83.6 cm³/mol. The van der Waals surface area contributed by atoms with Gasteiger partial charge in [-0.3, -0.25) is 0 Å². The van der Waals surface area contributed by atoms with E-state index in [9.17, 15) is 0 Å². The number of nitrogens with zero attached hydrogens (tertiary/aromatic N) is 1. The fraction of sp³-hybridized carbons (Fsp3) is 0.0667.